The second kappa shape index (κ2) is 3.81. The lowest BCUT2D eigenvalue weighted by Gasteiger charge is -2.07. The maximum Gasteiger partial charge on any atom is 0.404 e. The van der Waals surface area contributed by atoms with Gasteiger partial charge in [-0.05, 0) is 12.8 Å². The fourth-order valence-electron chi connectivity index (χ4n) is 0.989. The van der Waals surface area contributed by atoms with Gasteiger partial charge in [-0.3, -0.25) is 0 Å². The van der Waals surface area contributed by atoms with E-state index < -0.39 is 6.09 Å². The molecule has 0 fully saturated rings. The first kappa shape index (κ1) is 7.85. The van der Waals surface area contributed by atoms with E-state index in [1.807, 2.05) is 12.2 Å². The van der Waals surface area contributed by atoms with Gasteiger partial charge in [0, 0.05) is 6.54 Å². The number of hydrogen-bond acceptors (Lipinski definition) is 1. The smallest absolute Gasteiger partial charge is 0.404 e. The topological polar surface area (TPSA) is 49.3 Å². The molecule has 0 unspecified atom stereocenters. The molecular weight excluding hydrogens is 142 g/mol. The third-order valence-corrected chi connectivity index (χ3v) is 1.57. The average molecular weight is 153 g/mol. The van der Waals surface area contributed by atoms with E-state index in [0.29, 0.717) is 6.54 Å². The number of hydrogen-bond donors (Lipinski definition) is 2. The molecule has 0 saturated carbocycles. The molecule has 0 saturated heterocycles. The summed E-state index contributed by atoms with van der Waals surface area (Å²) in [5.41, 5.74) is 1.15. The van der Waals surface area contributed by atoms with Crippen LogP contribution in [0.5, 0.6) is 0 Å². The predicted molar refractivity (Wildman–Crippen MR) is 42.5 cm³/mol. The van der Waals surface area contributed by atoms with Crippen molar-refractivity contribution in [3.8, 4) is 0 Å². The Hall–Kier alpha value is -1.25. The van der Waals surface area contributed by atoms with Gasteiger partial charge in [0.15, 0.2) is 0 Å². The molecule has 0 aromatic carbocycles. The summed E-state index contributed by atoms with van der Waals surface area (Å²) < 4.78 is 0. The van der Waals surface area contributed by atoms with E-state index >= 15 is 0 Å². The quantitative estimate of drug-likeness (QED) is 0.632. The highest BCUT2D eigenvalue weighted by Crippen LogP contribution is 2.09. The molecule has 0 radical (unpaired) electrons. The fraction of sp³-hybridized carbons (Fsp3) is 0.375. The van der Waals surface area contributed by atoms with Crippen LogP contribution in [0.25, 0.3) is 0 Å². The third kappa shape index (κ3) is 2.89. The van der Waals surface area contributed by atoms with Crippen LogP contribution in [-0.2, 0) is 0 Å². The first-order chi connectivity index (χ1) is 5.29. The van der Waals surface area contributed by atoms with E-state index in [4.69, 9.17) is 5.11 Å². The summed E-state index contributed by atoms with van der Waals surface area (Å²) in [6.45, 7) is 0.458. The Bertz CT molecular complexity index is 206. The average Bonchev–Trinajstić information content (AvgIpc) is 2.03. The normalized spacial score (nSPS) is 15.8. The van der Waals surface area contributed by atoms with Crippen molar-refractivity contribution in [3.05, 3.63) is 23.8 Å². The lowest BCUT2D eigenvalue weighted by atomic mass is 10.1. The van der Waals surface area contributed by atoms with Crippen molar-refractivity contribution in [3.63, 3.8) is 0 Å². The molecule has 0 bridgehead atoms. The lowest BCUT2D eigenvalue weighted by molar-refractivity contribution is 0.195. The van der Waals surface area contributed by atoms with Gasteiger partial charge in [0.1, 0.15) is 0 Å². The zero-order chi connectivity index (χ0) is 8.10. The number of rotatable bonds is 2. The van der Waals surface area contributed by atoms with E-state index in [-0.39, 0.29) is 0 Å². The standard InChI is InChI=1S/C8H11NO2/c10-8(11)9-6-7-4-2-1-3-5-7/h1-2,4,9H,3,5-6H2,(H,10,11). The fourth-order valence-corrected chi connectivity index (χ4v) is 0.989. The van der Waals surface area contributed by atoms with Gasteiger partial charge in [-0.15, -0.1) is 0 Å². The zero-order valence-corrected chi connectivity index (χ0v) is 6.21. The van der Waals surface area contributed by atoms with E-state index in [0.717, 1.165) is 18.4 Å². The molecule has 0 spiro atoms. The minimum Gasteiger partial charge on any atom is -0.465 e. The lowest BCUT2D eigenvalue weighted by Crippen LogP contribution is -2.23. The van der Waals surface area contributed by atoms with Crippen LogP contribution in [-0.4, -0.2) is 17.7 Å². The van der Waals surface area contributed by atoms with Crippen LogP contribution in [0.2, 0.25) is 0 Å². The molecule has 0 heterocycles. The van der Waals surface area contributed by atoms with Crippen molar-refractivity contribution in [1.82, 2.24) is 5.32 Å². The highest BCUT2D eigenvalue weighted by Gasteiger charge is 2.00. The molecular formula is C8H11NO2. The van der Waals surface area contributed by atoms with Crippen molar-refractivity contribution in [2.45, 2.75) is 12.8 Å². The Kier molecular flexibility index (Phi) is 2.72. The SMILES string of the molecule is O=C(O)NCC1=CC=CCC1. The molecule has 0 aliphatic heterocycles. The van der Waals surface area contributed by atoms with Crippen LogP contribution in [0.4, 0.5) is 4.79 Å². The summed E-state index contributed by atoms with van der Waals surface area (Å²) in [5.74, 6) is 0. The summed E-state index contributed by atoms with van der Waals surface area (Å²) in [5, 5.41) is 10.6. The summed E-state index contributed by atoms with van der Waals surface area (Å²) in [7, 11) is 0. The highest BCUT2D eigenvalue weighted by molar-refractivity contribution is 5.64. The first-order valence-electron chi connectivity index (χ1n) is 3.60. The third-order valence-electron chi connectivity index (χ3n) is 1.57. The van der Waals surface area contributed by atoms with Gasteiger partial charge in [0.2, 0.25) is 0 Å². The van der Waals surface area contributed by atoms with Crippen LogP contribution in [0, 0.1) is 0 Å². The highest BCUT2D eigenvalue weighted by atomic mass is 16.4. The predicted octanol–water partition coefficient (Wildman–Crippen LogP) is 1.53. The van der Waals surface area contributed by atoms with Crippen LogP contribution in [0.3, 0.4) is 0 Å². The van der Waals surface area contributed by atoms with Gasteiger partial charge in [-0.2, -0.15) is 0 Å². The minimum absolute atomic E-state index is 0.458. The van der Waals surface area contributed by atoms with Gasteiger partial charge in [-0.25, -0.2) is 4.79 Å². The van der Waals surface area contributed by atoms with Gasteiger partial charge in [0.05, 0.1) is 0 Å². The van der Waals surface area contributed by atoms with Crippen LogP contribution in [0.15, 0.2) is 23.8 Å². The summed E-state index contributed by atoms with van der Waals surface area (Å²) >= 11 is 0. The molecule has 3 nitrogen and oxygen atoms in total. The molecule has 1 rings (SSSR count). The molecule has 1 amide bonds. The number of carboxylic acid groups (broad SMARTS) is 1. The number of allylic oxidation sites excluding steroid dienone is 3. The van der Waals surface area contributed by atoms with Crippen LogP contribution >= 0.6 is 0 Å². The molecule has 1 aliphatic rings. The maximum absolute atomic E-state index is 10.1. The summed E-state index contributed by atoms with van der Waals surface area (Å²) in [4.78, 5) is 10.1. The largest absolute Gasteiger partial charge is 0.465 e. The number of nitrogens with one attached hydrogen (secondary N) is 1. The Morgan fingerprint density at radius 3 is 3.09 bits per heavy atom. The minimum atomic E-state index is -0.958. The van der Waals surface area contributed by atoms with Gasteiger partial charge in [0.25, 0.3) is 0 Å². The molecule has 0 atom stereocenters. The molecule has 11 heavy (non-hydrogen) atoms. The molecule has 0 aromatic rings. The first-order valence-corrected chi connectivity index (χ1v) is 3.60. The Morgan fingerprint density at radius 1 is 1.73 bits per heavy atom. The van der Waals surface area contributed by atoms with E-state index in [1.165, 1.54) is 0 Å². The van der Waals surface area contributed by atoms with Gasteiger partial charge < -0.3 is 10.4 Å². The Labute approximate surface area is 65.4 Å². The van der Waals surface area contributed by atoms with Crippen molar-refractivity contribution in [2.75, 3.05) is 6.54 Å². The van der Waals surface area contributed by atoms with E-state index in [9.17, 15) is 4.79 Å². The number of carbonyl (C=O) groups is 1. The molecule has 1 aliphatic carbocycles. The second-order valence-corrected chi connectivity index (χ2v) is 2.45. The number of amides is 1. The van der Waals surface area contributed by atoms with E-state index in [1.54, 1.807) is 0 Å². The van der Waals surface area contributed by atoms with Crippen molar-refractivity contribution >= 4 is 6.09 Å². The summed E-state index contributed by atoms with van der Waals surface area (Å²) in [6.07, 6.45) is 7.02. The zero-order valence-electron chi connectivity index (χ0n) is 6.21. The summed E-state index contributed by atoms with van der Waals surface area (Å²) in [6, 6.07) is 0. The van der Waals surface area contributed by atoms with Crippen LogP contribution in [0.1, 0.15) is 12.8 Å². The van der Waals surface area contributed by atoms with Crippen molar-refractivity contribution in [1.29, 1.82) is 0 Å². The van der Waals surface area contributed by atoms with Crippen molar-refractivity contribution < 1.29 is 9.90 Å². The molecule has 2 N–H and O–H groups in total. The van der Waals surface area contributed by atoms with Crippen molar-refractivity contribution in [2.24, 2.45) is 0 Å². The maximum atomic E-state index is 10.1. The second-order valence-electron chi connectivity index (χ2n) is 2.45. The van der Waals surface area contributed by atoms with Gasteiger partial charge >= 0.3 is 6.09 Å². The Balaban J connectivity index is 2.31. The molecule has 60 valence electrons. The van der Waals surface area contributed by atoms with Crippen LogP contribution < -0.4 is 5.32 Å². The monoisotopic (exact) mass is 153 g/mol. The van der Waals surface area contributed by atoms with E-state index in [2.05, 4.69) is 11.4 Å². The Morgan fingerprint density at radius 2 is 2.55 bits per heavy atom. The molecule has 0 aromatic heterocycles. The molecule has 3 heteroatoms. The van der Waals surface area contributed by atoms with Gasteiger partial charge in [-0.1, -0.05) is 23.8 Å².